The molecule has 1 saturated heterocycles. The van der Waals surface area contributed by atoms with Crippen molar-refractivity contribution < 1.29 is 29.0 Å². The summed E-state index contributed by atoms with van der Waals surface area (Å²) >= 11 is 0. The molecule has 2 fully saturated rings. The number of amides is 2. The van der Waals surface area contributed by atoms with Crippen LogP contribution in [0.2, 0.25) is 0 Å². The van der Waals surface area contributed by atoms with Gasteiger partial charge >= 0.3 is 5.97 Å². The first-order valence-electron chi connectivity index (χ1n) is 10.1. The third-order valence-corrected chi connectivity index (χ3v) is 5.92. The molecule has 0 radical (unpaired) electrons. The predicted molar refractivity (Wildman–Crippen MR) is 111 cm³/mol. The van der Waals surface area contributed by atoms with E-state index in [9.17, 15) is 19.5 Å². The Morgan fingerprint density at radius 3 is 2.39 bits per heavy atom. The quantitative estimate of drug-likeness (QED) is 0.674. The summed E-state index contributed by atoms with van der Waals surface area (Å²) in [5.74, 6) is -0.566. The highest BCUT2D eigenvalue weighted by atomic mass is 16.5. The van der Waals surface area contributed by atoms with E-state index in [1.165, 1.54) is 4.90 Å². The maximum absolute atomic E-state index is 12.7. The standard InChI is InChI=1S/C23H24N2O6/c1-30-14-23-11-18(22(28)29)25(19(23)12-23)20(26)13-24-21(27)15-7-9-17(10-8-15)31-16-5-3-2-4-6-16/h2-10,18-19H,11-14H2,1H3,(H,24,27)(H,28,29)/t18-,19-,23+/m0/s1. The van der Waals surface area contributed by atoms with Crippen LogP contribution in [-0.4, -0.2) is 60.1 Å². The molecule has 2 aromatic rings. The van der Waals surface area contributed by atoms with Gasteiger partial charge in [0.15, 0.2) is 0 Å². The van der Waals surface area contributed by atoms with Crippen LogP contribution in [0.4, 0.5) is 0 Å². The molecular weight excluding hydrogens is 400 g/mol. The van der Waals surface area contributed by atoms with Gasteiger partial charge in [-0.05, 0) is 49.2 Å². The van der Waals surface area contributed by atoms with Crippen LogP contribution in [0.1, 0.15) is 23.2 Å². The van der Waals surface area contributed by atoms with E-state index in [4.69, 9.17) is 9.47 Å². The van der Waals surface area contributed by atoms with Crippen molar-refractivity contribution in [1.82, 2.24) is 10.2 Å². The molecule has 1 aliphatic carbocycles. The van der Waals surface area contributed by atoms with Crippen LogP contribution in [0.3, 0.4) is 0 Å². The number of aliphatic carboxylic acids is 1. The summed E-state index contributed by atoms with van der Waals surface area (Å²) in [7, 11) is 1.57. The van der Waals surface area contributed by atoms with Gasteiger partial charge in [-0.1, -0.05) is 18.2 Å². The number of carbonyl (C=O) groups excluding carboxylic acids is 2. The van der Waals surface area contributed by atoms with Gasteiger partial charge in [-0.3, -0.25) is 9.59 Å². The van der Waals surface area contributed by atoms with E-state index in [1.54, 1.807) is 31.4 Å². The minimum atomic E-state index is -1.03. The van der Waals surface area contributed by atoms with E-state index in [1.807, 2.05) is 30.3 Å². The molecular formula is C23H24N2O6. The van der Waals surface area contributed by atoms with E-state index in [0.717, 1.165) is 6.42 Å². The van der Waals surface area contributed by atoms with Crippen molar-refractivity contribution in [2.75, 3.05) is 20.3 Å². The molecule has 2 amide bonds. The van der Waals surface area contributed by atoms with Crippen LogP contribution < -0.4 is 10.1 Å². The van der Waals surface area contributed by atoms with Crippen molar-refractivity contribution in [2.45, 2.75) is 24.9 Å². The topological polar surface area (TPSA) is 105 Å². The molecule has 8 nitrogen and oxygen atoms in total. The second kappa shape index (κ2) is 8.39. The fourth-order valence-electron chi connectivity index (χ4n) is 4.34. The number of para-hydroxylation sites is 1. The zero-order chi connectivity index (χ0) is 22.0. The van der Waals surface area contributed by atoms with Gasteiger partial charge in [0.25, 0.3) is 5.91 Å². The van der Waals surface area contributed by atoms with Gasteiger partial charge in [-0.15, -0.1) is 0 Å². The molecule has 0 spiro atoms. The number of nitrogens with zero attached hydrogens (tertiary/aromatic N) is 1. The maximum Gasteiger partial charge on any atom is 0.326 e. The van der Waals surface area contributed by atoms with Gasteiger partial charge in [0, 0.05) is 24.1 Å². The molecule has 2 aliphatic rings. The highest BCUT2D eigenvalue weighted by Gasteiger charge is 2.67. The molecule has 0 unspecified atom stereocenters. The highest BCUT2D eigenvalue weighted by molar-refractivity contribution is 5.97. The molecule has 4 rings (SSSR count). The molecule has 1 aliphatic heterocycles. The van der Waals surface area contributed by atoms with Crippen LogP contribution in [-0.2, 0) is 14.3 Å². The van der Waals surface area contributed by atoms with E-state index in [-0.39, 0.29) is 18.0 Å². The van der Waals surface area contributed by atoms with Crippen LogP contribution in [0.5, 0.6) is 11.5 Å². The van der Waals surface area contributed by atoms with E-state index in [0.29, 0.717) is 30.1 Å². The normalized spacial score (nSPS) is 23.7. The van der Waals surface area contributed by atoms with E-state index < -0.39 is 23.8 Å². The first-order chi connectivity index (χ1) is 14.9. The molecule has 3 atom stereocenters. The van der Waals surface area contributed by atoms with Crippen molar-refractivity contribution in [2.24, 2.45) is 5.41 Å². The molecule has 8 heteroatoms. The Kier molecular flexibility index (Phi) is 5.65. The van der Waals surface area contributed by atoms with Gasteiger partial charge in [-0.25, -0.2) is 4.79 Å². The zero-order valence-electron chi connectivity index (χ0n) is 17.1. The lowest BCUT2D eigenvalue weighted by molar-refractivity contribution is -0.149. The summed E-state index contributed by atoms with van der Waals surface area (Å²) < 4.78 is 10.9. The molecule has 0 aromatic heterocycles. The Bertz CT molecular complexity index is 977. The number of carbonyl (C=O) groups is 3. The molecule has 1 heterocycles. The third-order valence-electron chi connectivity index (χ3n) is 5.92. The van der Waals surface area contributed by atoms with Crippen molar-refractivity contribution >= 4 is 17.8 Å². The van der Waals surface area contributed by atoms with Crippen LogP contribution >= 0.6 is 0 Å². The Morgan fingerprint density at radius 1 is 1.06 bits per heavy atom. The maximum atomic E-state index is 12.7. The lowest BCUT2D eigenvalue weighted by Gasteiger charge is -2.24. The molecule has 0 bridgehead atoms. The average Bonchev–Trinajstić information content (AvgIpc) is 3.36. The van der Waals surface area contributed by atoms with Crippen LogP contribution in [0.25, 0.3) is 0 Å². The highest BCUT2D eigenvalue weighted by Crippen LogP contribution is 2.59. The van der Waals surface area contributed by atoms with Gasteiger partial charge in [0.05, 0.1) is 13.2 Å². The summed E-state index contributed by atoms with van der Waals surface area (Å²) in [4.78, 5) is 38.2. The smallest absolute Gasteiger partial charge is 0.326 e. The number of fused-ring (bicyclic) bond motifs is 1. The zero-order valence-corrected chi connectivity index (χ0v) is 17.1. The summed E-state index contributed by atoms with van der Waals surface area (Å²) in [5, 5.41) is 12.1. The minimum Gasteiger partial charge on any atom is -0.480 e. The van der Waals surface area contributed by atoms with Gasteiger partial charge < -0.3 is 24.8 Å². The molecule has 162 valence electrons. The third kappa shape index (κ3) is 4.25. The summed E-state index contributed by atoms with van der Waals surface area (Å²) in [5.41, 5.74) is 0.107. The number of rotatable bonds is 8. The summed E-state index contributed by atoms with van der Waals surface area (Å²) in [6.45, 7) is 0.166. The first-order valence-corrected chi connectivity index (χ1v) is 10.1. The lowest BCUT2D eigenvalue weighted by Crippen LogP contribution is -2.47. The number of benzene rings is 2. The van der Waals surface area contributed by atoms with Crippen LogP contribution in [0.15, 0.2) is 54.6 Å². The summed E-state index contributed by atoms with van der Waals surface area (Å²) in [6, 6.07) is 14.8. The van der Waals surface area contributed by atoms with Crippen LogP contribution in [0, 0.1) is 5.41 Å². The van der Waals surface area contributed by atoms with E-state index in [2.05, 4.69) is 5.32 Å². The number of ether oxygens (including phenoxy) is 2. The summed E-state index contributed by atoms with van der Waals surface area (Å²) in [6.07, 6.45) is 1.11. The number of piperidine rings is 1. The minimum absolute atomic E-state index is 0.146. The second-order valence-corrected chi connectivity index (χ2v) is 8.00. The first kappa shape index (κ1) is 20.9. The largest absolute Gasteiger partial charge is 0.480 e. The van der Waals surface area contributed by atoms with Gasteiger partial charge in [0.2, 0.25) is 5.91 Å². The lowest BCUT2D eigenvalue weighted by atomic mass is 10.0. The van der Waals surface area contributed by atoms with E-state index >= 15 is 0 Å². The molecule has 1 saturated carbocycles. The number of hydrogen-bond acceptors (Lipinski definition) is 5. The number of nitrogens with one attached hydrogen (secondary N) is 1. The molecule has 31 heavy (non-hydrogen) atoms. The number of carboxylic acids is 1. The average molecular weight is 424 g/mol. The SMILES string of the molecule is COC[C@@]12C[C@@H]1N(C(=O)CNC(=O)c1ccc(Oc3ccccc3)cc1)[C@H](C(=O)O)C2. The Hall–Kier alpha value is -3.39. The fraction of sp³-hybridized carbons (Fsp3) is 0.348. The van der Waals surface area contributed by atoms with Crippen molar-refractivity contribution in [3.8, 4) is 11.5 Å². The number of hydrogen-bond donors (Lipinski definition) is 2. The Morgan fingerprint density at radius 2 is 1.74 bits per heavy atom. The van der Waals surface area contributed by atoms with Gasteiger partial charge in [-0.2, -0.15) is 0 Å². The van der Waals surface area contributed by atoms with Crippen molar-refractivity contribution in [1.29, 1.82) is 0 Å². The van der Waals surface area contributed by atoms with Crippen molar-refractivity contribution in [3.05, 3.63) is 60.2 Å². The number of carboxylic acid groups (broad SMARTS) is 1. The monoisotopic (exact) mass is 424 g/mol. The molecule has 2 N–H and O–H groups in total. The fourth-order valence-corrected chi connectivity index (χ4v) is 4.34. The Balaban J connectivity index is 1.34. The Labute approximate surface area is 179 Å². The second-order valence-electron chi connectivity index (χ2n) is 8.00. The van der Waals surface area contributed by atoms with Gasteiger partial charge in [0.1, 0.15) is 17.5 Å². The predicted octanol–water partition coefficient (Wildman–Crippen LogP) is 2.30. The molecule has 2 aromatic carbocycles. The number of methoxy groups -OCH3 is 1. The van der Waals surface area contributed by atoms with Crippen molar-refractivity contribution in [3.63, 3.8) is 0 Å². The number of likely N-dealkylation sites (tertiary alicyclic amines) is 1.